The number of furan rings is 1. The highest BCUT2D eigenvalue weighted by molar-refractivity contribution is 6.08. The lowest BCUT2D eigenvalue weighted by Gasteiger charge is -2.17. The highest BCUT2D eigenvalue weighted by atomic mass is 16.5. The van der Waals surface area contributed by atoms with Crippen molar-refractivity contribution in [2.24, 2.45) is 5.73 Å². The zero-order valence-corrected chi connectivity index (χ0v) is 18.6. The SMILES string of the molecule is COc1cc(C(=O)Nc2ccc3c(c2)CCN3C(=O)c2ccoc2)cc(OC)c1OCC(N)=O. The lowest BCUT2D eigenvalue weighted by atomic mass is 10.1. The molecule has 3 N–H and O–H groups in total. The fraction of sp³-hybridized carbons (Fsp3) is 0.208. The van der Waals surface area contributed by atoms with Crippen LogP contribution < -0.4 is 30.2 Å². The van der Waals surface area contributed by atoms with E-state index in [9.17, 15) is 14.4 Å². The fourth-order valence-corrected chi connectivity index (χ4v) is 3.73. The second-order valence-corrected chi connectivity index (χ2v) is 7.48. The predicted octanol–water partition coefficient (Wildman–Crippen LogP) is 2.62. The third-order valence-electron chi connectivity index (χ3n) is 5.33. The van der Waals surface area contributed by atoms with Crippen molar-refractivity contribution in [1.82, 2.24) is 0 Å². The zero-order chi connectivity index (χ0) is 24.2. The molecule has 1 aliphatic heterocycles. The molecule has 10 nitrogen and oxygen atoms in total. The summed E-state index contributed by atoms with van der Waals surface area (Å²) in [6.07, 6.45) is 3.54. The molecule has 0 saturated heterocycles. The Morgan fingerprint density at radius 2 is 1.79 bits per heavy atom. The molecule has 0 spiro atoms. The first-order valence-corrected chi connectivity index (χ1v) is 10.4. The molecule has 1 aromatic heterocycles. The molecule has 1 aliphatic rings. The number of carbonyl (C=O) groups excluding carboxylic acids is 3. The molecule has 0 unspecified atom stereocenters. The van der Waals surface area contributed by atoms with Crippen LogP contribution in [0.3, 0.4) is 0 Å². The van der Waals surface area contributed by atoms with E-state index in [1.807, 2.05) is 6.07 Å². The molecule has 2 aromatic carbocycles. The molecule has 0 fully saturated rings. The van der Waals surface area contributed by atoms with Crippen LogP contribution in [0, 0.1) is 0 Å². The van der Waals surface area contributed by atoms with Crippen LogP contribution in [0.1, 0.15) is 26.3 Å². The number of hydrogen-bond donors (Lipinski definition) is 2. The molecule has 4 rings (SSSR count). The van der Waals surface area contributed by atoms with E-state index in [1.54, 1.807) is 23.1 Å². The number of fused-ring (bicyclic) bond motifs is 1. The van der Waals surface area contributed by atoms with E-state index in [2.05, 4.69) is 5.32 Å². The van der Waals surface area contributed by atoms with Gasteiger partial charge in [0.05, 0.1) is 26.0 Å². The average molecular weight is 465 g/mol. The molecule has 0 aliphatic carbocycles. The number of carbonyl (C=O) groups is 3. The number of methoxy groups -OCH3 is 2. The maximum absolute atomic E-state index is 12.9. The van der Waals surface area contributed by atoms with Crippen LogP contribution in [0.15, 0.2) is 53.3 Å². The molecular weight excluding hydrogens is 442 g/mol. The van der Waals surface area contributed by atoms with Gasteiger partial charge in [0.2, 0.25) is 5.75 Å². The molecule has 10 heteroatoms. The molecule has 0 radical (unpaired) electrons. The Morgan fingerprint density at radius 3 is 2.41 bits per heavy atom. The third-order valence-corrected chi connectivity index (χ3v) is 5.33. The van der Waals surface area contributed by atoms with Crippen LogP contribution in [-0.2, 0) is 11.2 Å². The number of nitrogens with two attached hydrogens (primary N) is 1. The Labute approximate surface area is 195 Å². The first-order valence-electron chi connectivity index (χ1n) is 10.4. The van der Waals surface area contributed by atoms with Gasteiger partial charge in [-0.2, -0.15) is 0 Å². The number of ether oxygens (including phenoxy) is 3. The molecule has 3 aromatic rings. The van der Waals surface area contributed by atoms with Crippen molar-refractivity contribution < 1.29 is 33.0 Å². The largest absolute Gasteiger partial charge is 0.493 e. The Bertz CT molecular complexity index is 1210. The molecule has 0 atom stereocenters. The maximum Gasteiger partial charge on any atom is 0.261 e. The van der Waals surface area contributed by atoms with Crippen LogP contribution in [0.4, 0.5) is 11.4 Å². The molecule has 0 saturated carbocycles. The highest BCUT2D eigenvalue weighted by Crippen LogP contribution is 2.39. The normalized spacial score (nSPS) is 12.1. The summed E-state index contributed by atoms with van der Waals surface area (Å²) in [7, 11) is 2.81. The van der Waals surface area contributed by atoms with E-state index in [4.69, 9.17) is 24.4 Å². The van der Waals surface area contributed by atoms with Gasteiger partial charge < -0.3 is 34.6 Å². The fourth-order valence-electron chi connectivity index (χ4n) is 3.73. The van der Waals surface area contributed by atoms with E-state index in [-0.39, 0.29) is 35.3 Å². The van der Waals surface area contributed by atoms with Gasteiger partial charge in [0.15, 0.2) is 18.1 Å². The standard InChI is InChI=1S/C24H23N3O7/c1-31-19-10-16(11-20(32-2)22(19)34-13-21(25)28)23(29)26-17-3-4-18-14(9-17)5-7-27(18)24(30)15-6-8-33-12-15/h3-4,6,8-12H,5,7,13H2,1-2H3,(H2,25,28)(H,26,29). The molecular formula is C24H23N3O7. The van der Waals surface area contributed by atoms with Gasteiger partial charge in [-0.15, -0.1) is 0 Å². The second kappa shape index (κ2) is 9.57. The Hall–Kier alpha value is -4.47. The lowest BCUT2D eigenvalue weighted by molar-refractivity contribution is -0.120. The minimum absolute atomic E-state index is 0.137. The Kier molecular flexibility index (Phi) is 6.39. The van der Waals surface area contributed by atoms with E-state index < -0.39 is 11.8 Å². The molecule has 176 valence electrons. The maximum atomic E-state index is 12.9. The van der Waals surface area contributed by atoms with Gasteiger partial charge in [-0.1, -0.05) is 0 Å². The smallest absolute Gasteiger partial charge is 0.261 e. The first kappa shape index (κ1) is 22.7. The van der Waals surface area contributed by atoms with Crippen LogP contribution in [0.2, 0.25) is 0 Å². The van der Waals surface area contributed by atoms with Crippen LogP contribution in [0.5, 0.6) is 17.2 Å². The monoisotopic (exact) mass is 465 g/mol. The predicted molar refractivity (Wildman–Crippen MR) is 123 cm³/mol. The minimum atomic E-state index is -0.660. The summed E-state index contributed by atoms with van der Waals surface area (Å²) in [4.78, 5) is 38.4. The Morgan fingerprint density at radius 1 is 1.06 bits per heavy atom. The third kappa shape index (κ3) is 4.51. The van der Waals surface area contributed by atoms with Crippen molar-refractivity contribution in [2.75, 3.05) is 37.6 Å². The van der Waals surface area contributed by atoms with Crippen LogP contribution in [-0.4, -0.2) is 45.1 Å². The Balaban J connectivity index is 1.53. The summed E-state index contributed by atoms with van der Waals surface area (Å²) in [5.74, 6) is -0.599. The van der Waals surface area contributed by atoms with Gasteiger partial charge in [-0.05, 0) is 48.4 Å². The highest BCUT2D eigenvalue weighted by Gasteiger charge is 2.26. The van der Waals surface area contributed by atoms with E-state index in [0.29, 0.717) is 24.2 Å². The van der Waals surface area contributed by atoms with Crippen molar-refractivity contribution in [1.29, 1.82) is 0 Å². The summed E-state index contributed by atoms with van der Waals surface area (Å²) in [5, 5.41) is 2.85. The molecule has 2 heterocycles. The number of amides is 3. The van der Waals surface area contributed by atoms with Crippen molar-refractivity contribution >= 4 is 29.1 Å². The van der Waals surface area contributed by atoms with E-state index in [1.165, 1.54) is 38.9 Å². The molecule has 34 heavy (non-hydrogen) atoms. The quantitative estimate of drug-likeness (QED) is 0.522. The summed E-state index contributed by atoms with van der Waals surface area (Å²) in [6.45, 7) is 0.172. The first-order chi connectivity index (χ1) is 16.4. The molecule has 3 amide bonds. The van der Waals surface area contributed by atoms with Crippen molar-refractivity contribution in [3.63, 3.8) is 0 Å². The number of hydrogen-bond acceptors (Lipinski definition) is 7. The van der Waals surface area contributed by atoms with E-state index >= 15 is 0 Å². The average Bonchev–Trinajstić information content (AvgIpc) is 3.51. The van der Waals surface area contributed by atoms with Gasteiger partial charge in [-0.3, -0.25) is 14.4 Å². The van der Waals surface area contributed by atoms with Gasteiger partial charge in [0, 0.05) is 23.5 Å². The number of anilines is 2. The number of rotatable bonds is 8. The number of benzene rings is 2. The zero-order valence-electron chi connectivity index (χ0n) is 18.6. The number of primary amides is 1. The molecule has 0 bridgehead atoms. The van der Waals surface area contributed by atoms with Gasteiger partial charge >= 0.3 is 0 Å². The van der Waals surface area contributed by atoms with Crippen molar-refractivity contribution in [3.05, 3.63) is 65.6 Å². The summed E-state index contributed by atoms with van der Waals surface area (Å²) in [5.41, 5.74) is 8.20. The summed E-state index contributed by atoms with van der Waals surface area (Å²) in [6, 6.07) is 9.96. The topological polar surface area (TPSA) is 133 Å². The van der Waals surface area contributed by atoms with Gasteiger partial charge in [0.25, 0.3) is 17.7 Å². The second-order valence-electron chi connectivity index (χ2n) is 7.48. The van der Waals surface area contributed by atoms with Crippen LogP contribution >= 0.6 is 0 Å². The number of nitrogens with one attached hydrogen (secondary N) is 1. The van der Waals surface area contributed by atoms with Crippen LogP contribution in [0.25, 0.3) is 0 Å². The van der Waals surface area contributed by atoms with Crippen molar-refractivity contribution in [3.8, 4) is 17.2 Å². The minimum Gasteiger partial charge on any atom is -0.493 e. The van der Waals surface area contributed by atoms with Gasteiger partial charge in [-0.25, -0.2) is 0 Å². The number of nitrogens with zero attached hydrogens (tertiary/aromatic N) is 1. The summed E-state index contributed by atoms with van der Waals surface area (Å²) < 4.78 is 21.0. The summed E-state index contributed by atoms with van der Waals surface area (Å²) >= 11 is 0. The van der Waals surface area contributed by atoms with E-state index in [0.717, 1.165) is 11.3 Å². The lowest BCUT2D eigenvalue weighted by Crippen LogP contribution is -2.28. The van der Waals surface area contributed by atoms with Gasteiger partial charge in [0.1, 0.15) is 6.26 Å². The van der Waals surface area contributed by atoms with Crippen molar-refractivity contribution in [2.45, 2.75) is 6.42 Å².